The van der Waals surface area contributed by atoms with Crippen LogP contribution in [-0.4, -0.2) is 61.6 Å². The van der Waals surface area contributed by atoms with Crippen molar-refractivity contribution in [2.75, 3.05) is 39.9 Å². The van der Waals surface area contributed by atoms with Crippen LogP contribution in [0.4, 0.5) is 0 Å². The van der Waals surface area contributed by atoms with Crippen LogP contribution in [0.5, 0.6) is 11.5 Å². The van der Waals surface area contributed by atoms with Gasteiger partial charge >= 0.3 is 0 Å². The summed E-state index contributed by atoms with van der Waals surface area (Å²) in [6.07, 6.45) is 5.36. The molecule has 2 aliphatic rings. The zero-order chi connectivity index (χ0) is 16.9. The predicted molar refractivity (Wildman–Crippen MR) is 93.9 cm³/mol. The van der Waals surface area contributed by atoms with E-state index < -0.39 is 0 Å². The molecule has 1 saturated carbocycles. The van der Waals surface area contributed by atoms with E-state index in [1.807, 2.05) is 24.0 Å². The fourth-order valence-corrected chi connectivity index (χ4v) is 3.82. The molecular weight excluding hydrogens is 304 g/mol. The van der Waals surface area contributed by atoms with Crippen LogP contribution in [0.3, 0.4) is 0 Å². The second-order valence-corrected chi connectivity index (χ2v) is 6.57. The average molecular weight is 332 g/mol. The van der Waals surface area contributed by atoms with Crippen molar-refractivity contribution < 1.29 is 14.3 Å². The summed E-state index contributed by atoms with van der Waals surface area (Å²) in [6.45, 7) is 6.08. The Bertz CT molecular complexity index is 562. The monoisotopic (exact) mass is 332 g/mol. The van der Waals surface area contributed by atoms with Crippen LogP contribution in [-0.2, 0) is 0 Å². The van der Waals surface area contributed by atoms with Gasteiger partial charge in [-0.1, -0.05) is 12.8 Å². The molecular formula is C19H28N2O3. The van der Waals surface area contributed by atoms with Crippen LogP contribution < -0.4 is 9.47 Å². The van der Waals surface area contributed by atoms with Crippen molar-refractivity contribution in [1.29, 1.82) is 0 Å². The smallest absolute Gasteiger partial charge is 0.254 e. The summed E-state index contributed by atoms with van der Waals surface area (Å²) < 4.78 is 10.9. The van der Waals surface area contributed by atoms with Crippen LogP contribution in [0.15, 0.2) is 18.2 Å². The van der Waals surface area contributed by atoms with Gasteiger partial charge in [0, 0.05) is 37.8 Å². The summed E-state index contributed by atoms with van der Waals surface area (Å²) in [5.74, 6) is 1.39. The highest BCUT2D eigenvalue weighted by molar-refractivity contribution is 5.95. The number of ether oxygens (including phenoxy) is 2. The third-order valence-electron chi connectivity index (χ3n) is 5.15. The maximum Gasteiger partial charge on any atom is 0.254 e. The van der Waals surface area contributed by atoms with E-state index in [2.05, 4.69) is 4.90 Å². The highest BCUT2D eigenvalue weighted by Gasteiger charge is 2.28. The highest BCUT2D eigenvalue weighted by atomic mass is 16.5. The Hall–Kier alpha value is -1.75. The van der Waals surface area contributed by atoms with E-state index in [1.165, 1.54) is 25.7 Å². The summed E-state index contributed by atoms with van der Waals surface area (Å²) in [5.41, 5.74) is 0.675. The van der Waals surface area contributed by atoms with Crippen molar-refractivity contribution in [2.45, 2.75) is 38.6 Å². The van der Waals surface area contributed by atoms with Gasteiger partial charge < -0.3 is 14.4 Å². The SMILES string of the molecule is CCOc1cc(C(=O)N2CCN(C3CCCC3)CC2)ccc1OC. The minimum absolute atomic E-state index is 0.0877. The standard InChI is InChI=1S/C19H28N2O3/c1-3-24-18-14-15(8-9-17(18)23-2)19(22)21-12-10-20(11-13-21)16-6-4-5-7-16/h8-9,14,16H,3-7,10-13H2,1-2H3. The van der Waals surface area contributed by atoms with Crippen molar-refractivity contribution in [3.05, 3.63) is 23.8 Å². The van der Waals surface area contributed by atoms with E-state index in [0.717, 1.165) is 32.2 Å². The van der Waals surface area contributed by atoms with Crippen LogP contribution in [0.25, 0.3) is 0 Å². The summed E-state index contributed by atoms with van der Waals surface area (Å²) in [4.78, 5) is 17.3. The maximum atomic E-state index is 12.8. The first-order chi connectivity index (χ1) is 11.7. The van der Waals surface area contributed by atoms with Crippen molar-refractivity contribution >= 4 is 5.91 Å². The van der Waals surface area contributed by atoms with E-state index >= 15 is 0 Å². The number of benzene rings is 1. The van der Waals surface area contributed by atoms with Crippen molar-refractivity contribution in [3.8, 4) is 11.5 Å². The molecule has 0 radical (unpaired) electrons. The van der Waals surface area contributed by atoms with Crippen molar-refractivity contribution in [2.24, 2.45) is 0 Å². The van der Waals surface area contributed by atoms with Gasteiger partial charge in [-0.2, -0.15) is 0 Å². The number of nitrogens with zero attached hydrogens (tertiary/aromatic N) is 2. The maximum absolute atomic E-state index is 12.8. The van der Waals surface area contributed by atoms with E-state index in [1.54, 1.807) is 13.2 Å². The van der Waals surface area contributed by atoms with Crippen molar-refractivity contribution in [3.63, 3.8) is 0 Å². The molecule has 0 atom stereocenters. The number of carbonyl (C=O) groups is 1. The Morgan fingerprint density at radius 1 is 1.12 bits per heavy atom. The van der Waals surface area contributed by atoms with Crippen LogP contribution in [0, 0.1) is 0 Å². The Kier molecular flexibility index (Phi) is 5.61. The minimum Gasteiger partial charge on any atom is -0.493 e. The molecule has 5 heteroatoms. The molecule has 0 unspecified atom stereocenters. The zero-order valence-corrected chi connectivity index (χ0v) is 14.8. The van der Waals surface area contributed by atoms with Gasteiger partial charge in [0.15, 0.2) is 11.5 Å². The van der Waals surface area contributed by atoms with Gasteiger partial charge in [0.05, 0.1) is 13.7 Å². The fourth-order valence-electron chi connectivity index (χ4n) is 3.82. The molecule has 2 fully saturated rings. The number of hydrogen-bond acceptors (Lipinski definition) is 4. The van der Waals surface area contributed by atoms with Gasteiger partial charge in [-0.15, -0.1) is 0 Å². The summed E-state index contributed by atoms with van der Waals surface area (Å²) in [7, 11) is 1.61. The molecule has 0 bridgehead atoms. The lowest BCUT2D eigenvalue weighted by Gasteiger charge is -2.38. The summed E-state index contributed by atoms with van der Waals surface area (Å²) >= 11 is 0. The molecule has 1 saturated heterocycles. The first kappa shape index (κ1) is 17.1. The number of carbonyl (C=O) groups excluding carboxylic acids is 1. The second-order valence-electron chi connectivity index (χ2n) is 6.57. The Balaban J connectivity index is 1.63. The van der Waals surface area contributed by atoms with E-state index in [0.29, 0.717) is 23.7 Å². The van der Waals surface area contributed by atoms with Gasteiger partial charge in [-0.25, -0.2) is 0 Å². The third kappa shape index (κ3) is 3.66. The topological polar surface area (TPSA) is 42.0 Å². The Morgan fingerprint density at radius 3 is 2.46 bits per heavy atom. The average Bonchev–Trinajstić information content (AvgIpc) is 3.16. The molecule has 1 aliphatic carbocycles. The van der Waals surface area contributed by atoms with Crippen LogP contribution >= 0.6 is 0 Å². The molecule has 5 nitrogen and oxygen atoms in total. The predicted octanol–water partition coefficient (Wildman–Crippen LogP) is 2.79. The summed E-state index contributed by atoms with van der Waals surface area (Å²) in [6, 6.07) is 6.18. The van der Waals surface area contributed by atoms with Crippen LogP contribution in [0.1, 0.15) is 43.0 Å². The molecule has 1 aromatic carbocycles. The highest BCUT2D eigenvalue weighted by Crippen LogP contribution is 2.29. The third-order valence-corrected chi connectivity index (χ3v) is 5.15. The molecule has 3 rings (SSSR count). The zero-order valence-electron chi connectivity index (χ0n) is 14.8. The first-order valence-corrected chi connectivity index (χ1v) is 9.07. The number of rotatable bonds is 5. The molecule has 1 heterocycles. The molecule has 1 aliphatic heterocycles. The number of piperazine rings is 1. The van der Waals surface area contributed by atoms with Gasteiger partial charge in [0.25, 0.3) is 5.91 Å². The lowest BCUT2D eigenvalue weighted by atomic mass is 10.1. The molecule has 24 heavy (non-hydrogen) atoms. The van der Waals surface area contributed by atoms with Gasteiger partial charge in [0.1, 0.15) is 0 Å². The quantitative estimate of drug-likeness (QED) is 0.831. The summed E-state index contributed by atoms with van der Waals surface area (Å²) in [5, 5.41) is 0. The van der Waals surface area contributed by atoms with E-state index in [4.69, 9.17) is 9.47 Å². The molecule has 132 valence electrons. The first-order valence-electron chi connectivity index (χ1n) is 9.07. The largest absolute Gasteiger partial charge is 0.493 e. The van der Waals surface area contributed by atoms with E-state index in [-0.39, 0.29) is 5.91 Å². The van der Waals surface area contributed by atoms with Crippen molar-refractivity contribution in [1.82, 2.24) is 9.80 Å². The van der Waals surface area contributed by atoms with Gasteiger partial charge in [-0.3, -0.25) is 9.69 Å². The number of amides is 1. The van der Waals surface area contributed by atoms with Gasteiger partial charge in [0.2, 0.25) is 0 Å². The molecule has 0 N–H and O–H groups in total. The van der Waals surface area contributed by atoms with E-state index in [9.17, 15) is 4.79 Å². The molecule has 0 spiro atoms. The van der Waals surface area contributed by atoms with Crippen LogP contribution in [0.2, 0.25) is 0 Å². The number of hydrogen-bond donors (Lipinski definition) is 0. The molecule has 0 aromatic heterocycles. The normalized spacial score (nSPS) is 19.5. The lowest BCUT2D eigenvalue weighted by molar-refractivity contribution is 0.0573. The fraction of sp³-hybridized carbons (Fsp3) is 0.632. The lowest BCUT2D eigenvalue weighted by Crippen LogP contribution is -2.51. The Labute approximate surface area is 144 Å². The van der Waals surface area contributed by atoms with Gasteiger partial charge in [-0.05, 0) is 38.0 Å². The molecule has 1 aromatic rings. The minimum atomic E-state index is 0.0877. The number of methoxy groups -OCH3 is 1. The second kappa shape index (κ2) is 7.88. The Morgan fingerprint density at radius 2 is 1.83 bits per heavy atom. The molecule has 1 amide bonds.